The lowest BCUT2D eigenvalue weighted by molar-refractivity contribution is 0.114. The third kappa shape index (κ3) is 6.57. The lowest BCUT2D eigenvalue weighted by Gasteiger charge is -2.24. The van der Waals surface area contributed by atoms with Gasteiger partial charge in [0, 0.05) is 32.8 Å². The summed E-state index contributed by atoms with van der Waals surface area (Å²) in [6.45, 7) is 12.3. The number of rotatable bonds is 8. The molecule has 1 atom stereocenters. The Bertz CT molecular complexity index is 281. The largest absolute Gasteiger partial charge is 0.379 e. The van der Waals surface area contributed by atoms with E-state index in [1.165, 1.54) is 19.4 Å². The van der Waals surface area contributed by atoms with Crippen LogP contribution in [0, 0.1) is 5.92 Å². The third-order valence-corrected chi connectivity index (χ3v) is 3.62. The second kappa shape index (κ2) is 10.00. The fourth-order valence-electron chi connectivity index (χ4n) is 2.54. The van der Waals surface area contributed by atoms with Crippen LogP contribution in [-0.4, -0.2) is 63.3 Å². The van der Waals surface area contributed by atoms with Gasteiger partial charge < -0.3 is 15.4 Å². The SMILES string of the molecule is CCN1CCCC1CNC(=NC)NCCOCC(C)C. The summed E-state index contributed by atoms with van der Waals surface area (Å²) in [4.78, 5) is 6.79. The van der Waals surface area contributed by atoms with E-state index in [1.807, 2.05) is 7.05 Å². The monoisotopic (exact) mass is 284 g/mol. The highest BCUT2D eigenvalue weighted by Crippen LogP contribution is 2.15. The Morgan fingerprint density at radius 2 is 2.20 bits per heavy atom. The van der Waals surface area contributed by atoms with Crippen molar-refractivity contribution in [3.8, 4) is 0 Å². The normalized spacial score (nSPS) is 20.6. The average Bonchev–Trinajstić information content (AvgIpc) is 2.89. The molecule has 0 aromatic rings. The molecule has 1 fully saturated rings. The smallest absolute Gasteiger partial charge is 0.191 e. The van der Waals surface area contributed by atoms with Crippen LogP contribution >= 0.6 is 0 Å². The van der Waals surface area contributed by atoms with Gasteiger partial charge in [-0.15, -0.1) is 0 Å². The van der Waals surface area contributed by atoms with Crippen molar-refractivity contribution in [2.75, 3.05) is 46.4 Å². The number of hydrogen-bond donors (Lipinski definition) is 2. The first-order valence-electron chi connectivity index (χ1n) is 7.93. The minimum absolute atomic E-state index is 0.592. The molecule has 0 radical (unpaired) electrons. The third-order valence-electron chi connectivity index (χ3n) is 3.62. The van der Waals surface area contributed by atoms with E-state index in [4.69, 9.17) is 4.74 Å². The molecule has 0 saturated carbocycles. The van der Waals surface area contributed by atoms with Gasteiger partial charge in [-0.1, -0.05) is 20.8 Å². The molecule has 1 unspecified atom stereocenters. The van der Waals surface area contributed by atoms with Gasteiger partial charge in [-0.2, -0.15) is 0 Å². The van der Waals surface area contributed by atoms with Crippen LogP contribution in [0.1, 0.15) is 33.6 Å². The van der Waals surface area contributed by atoms with Crippen molar-refractivity contribution >= 4 is 5.96 Å². The highest BCUT2D eigenvalue weighted by atomic mass is 16.5. The summed E-state index contributed by atoms with van der Waals surface area (Å²) in [6.07, 6.45) is 2.60. The molecule has 1 aliphatic heterocycles. The zero-order valence-corrected chi connectivity index (χ0v) is 13.6. The van der Waals surface area contributed by atoms with Crippen LogP contribution in [0.3, 0.4) is 0 Å². The molecular formula is C15H32N4O. The van der Waals surface area contributed by atoms with Gasteiger partial charge in [0.05, 0.1) is 6.61 Å². The lowest BCUT2D eigenvalue weighted by atomic mass is 10.2. The molecule has 0 spiro atoms. The highest BCUT2D eigenvalue weighted by Gasteiger charge is 2.22. The molecule has 0 aromatic heterocycles. The number of guanidine groups is 1. The first-order chi connectivity index (χ1) is 9.67. The molecule has 5 heteroatoms. The van der Waals surface area contributed by atoms with Crippen molar-refractivity contribution in [2.45, 2.75) is 39.7 Å². The fourth-order valence-corrected chi connectivity index (χ4v) is 2.54. The Hall–Kier alpha value is -0.810. The predicted molar refractivity (Wildman–Crippen MR) is 85.3 cm³/mol. The summed E-state index contributed by atoms with van der Waals surface area (Å²) in [5.74, 6) is 1.47. The van der Waals surface area contributed by atoms with Gasteiger partial charge in [-0.05, 0) is 31.8 Å². The van der Waals surface area contributed by atoms with Crippen molar-refractivity contribution in [3.63, 3.8) is 0 Å². The molecule has 0 bridgehead atoms. The summed E-state index contributed by atoms with van der Waals surface area (Å²) >= 11 is 0. The minimum Gasteiger partial charge on any atom is -0.379 e. The van der Waals surface area contributed by atoms with Crippen molar-refractivity contribution in [1.29, 1.82) is 0 Å². The van der Waals surface area contributed by atoms with Gasteiger partial charge in [0.2, 0.25) is 0 Å². The van der Waals surface area contributed by atoms with Crippen LogP contribution in [0.4, 0.5) is 0 Å². The fraction of sp³-hybridized carbons (Fsp3) is 0.933. The number of ether oxygens (including phenoxy) is 1. The van der Waals surface area contributed by atoms with E-state index in [0.29, 0.717) is 12.0 Å². The molecule has 20 heavy (non-hydrogen) atoms. The summed E-state index contributed by atoms with van der Waals surface area (Å²) in [6, 6.07) is 0.649. The molecule has 0 aliphatic carbocycles. The van der Waals surface area contributed by atoms with Crippen molar-refractivity contribution < 1.29 is 4.74 Å². The van der Waals surface area contributed by atoms with Crippen LogP contribution < -0.4 is 10.6 Å². The van der Waals surface area contributed by atoms with E-state index in [9.17, 15) is 0 Å². The Balaban J connectivity index is 2.13. The topological polar surface area (TPSA) is 48.9 Å². The summed E-state index contributed by atoms with van der Waals surface area (Å²) in [5, 5.41) is 6.71. The molecule has 1 heterocycles. The molecule has 2 N–H and O–H groups in total. The Labute approximate surface area is 124 Å². The van der Waals surface area contributed by atoms with Crippen LogP contribution in [0.5, 0.6) is 0 Å². The van der Waals surface area contributed by atoms with Crippen LogP contribution in [0.15, 0.2) is 4.99 Å². The maximum absolute atomic E-state index is 5.55. The number of hydrogen-bond acceptors (Lipinski definition) is 3. The lowest BCUT2D eigenvalue weighted by Crippen LogP contribution is -2.45. The Kier molecular flexibility index (Phi) is 8.62. The highest BCUT2D eigenvalue weighted by molar-refractivity contribution is 5.79. The van der Waals surface area contributed by atoms with Crippen LogP contribution in [0.25, 0.3) is 0 Å². The molecule has 5 nitrogen and oxygen atoms in total. The number of likely N-dealkylation sites (tertiary alicyclic amines) is 1. The maximum atomic E-state index is 5.55. The average molecular weight is 284 g/mol. The van der Waals surface area contributed by atoms with E-state index in [-0.39, 0.29) is 0 Å². The number of likely N-dealkylation sites (N-methyl/N-ethyl adjacent to an activating group) is 1. The van der Waals surface area contributed by atoms with E-state index in [0.717, 1.165) is 38.8 Å². The van der Waals surface area contributed by atoms with Crippen LogP contribution in [0.2, 0.25) is 0 Å². The second-order valence-electron chi connectivity index (χ2n) is 5.77. The standard InChI is InChI=1S/C15H32N4O/c1-5-19-9-6-7-14(19)11-18-15(16-4)17-8-10-20-12-13(2)3/h13-14H,5-12H2,1-4H3,(H2,16,17,18). The molecule has 1 aliphatic rings. The summed E-state index contributed by atoms with van der Waals surface area (Å²) in [5.41, 5.74) is 0. The number of aliphatic imine (C=N–C) groups is 1. The minimum atomic E-state index is 0.592. The van der Waals surface area contributed by atoms with Gasteiger partial charge in [0.25, 0.3) is 0 Å². The van der Waals surface area contributed by atoms with E-state index in [1.54, 1.807) is 0 Å². The van der Waals surface area contributed by atoms with Gasteiger partial charge in [0.1, 0.15) is 0 Å². The molecule has 118 valence electrons. The Morgan fingerprint density at radius 3 is 2.85 bits per heavy atom. The molecular weight excluding hydrogens is 252 g/mol. The van der Waals surface area contributed by atoms with Gasteiger partial charge >= 0.3 is 0 Å². The van der Waals surface area contributed by atoms with Crippen LogP contribution in [-0.2, 0) is 4.74 Å². The quantitative estimate of drug-likeness (QED) is 0.401. The zero-order chi connectivity index (χ0) is 14.8. The van der Waals surface area contributed by atoms with Crippen molar-refractivity contribution in [1.82, 2.24) is 15.5 Å². The van der Waals surface area contributed by atoms with E-state index >= 15 is 0 Å². The van der Waals surface area contributed by atoms with Crippen molar-refractivity contribution in [2.24, 2.45) is 10.9 Å². The van der Waals surface area contributed by atoms with Gasteiger partial charge in [0.15, 0.2) is 5.96 Å². The van der Waals surface area contributed by atoms with Gasteiger partial charge in [-0.25, -0.2) is 0 Å². The first-order valence-corrected chi connectivity index (χ1v) is 7.93. The first kappa shape index (κ1) is 17.2. The molecule has 1 rings (SSSR count). The van der Waals surface area contributed by atoms with Crippen molar-refractivity contribution in [3.05, 3.63) is 0 Å². The maximum Gasteiger partial charge on any atom is 0.191 e. The molecule has 0 amide bonds. The summed E-state index contributed by atoms with van der Waals surface area (Å²) < 4.78 is 5.55. The molecule has 1 saturated heterocycles. The number of nitrogens with one attached hydrogen (secondary N) is 2. The second-order valence-corrected chi connectivity index (χ2v) is 5.77. The predicted octanol–water partition coefficient (Wildman–Crippen LogP) is 1.31. The zero-order valence-electron chi connectivity index (χ0n) is 13.6. The van der Waals surface area contributed by atoms with E-state index in [2.05, 4.69) is 41.3 Å². The summed E-state index contributed by atoms with van der Waals surface area (Å²) in [7, 11) is 1.82. The van der Waals surface area contributed by atoms with E-state index < -0.39 is 0 Å². The Morgan fingerprint density at radius 1 is 1.40 bits per heavy atom. The van der Waals surface area contributed by atoms with Gasteiger partial charge in [-0.3, -0.25) is 9.89 Å². The number of nitrogens with zero attached hydrogens (tertiary/aromatic N) is 2. The molecule has 0 aromatic carbocycles.